The van der Waals surface area contributed by atoms with E-state index in [1.54, 1.807) is 0 Å². The van der Waals surface area contributed by atoms with Gasteiger partial charge in [-0.1, -0.05) is 172 Å². The van der Waals surface area contributed by atoms with E-state index in [-0.39, 0.29) is 5.41 Å². The van der Waals surface area contributed by atoms with Crippen molar-refractivity contribution in [3.8, 4) is 44.5 Å². The smallest absolute Gasteiger partial charge is 0.0726 e. The molecule has 11 rings (SSSR count). The largest absolute Gasteiger partial charge is 0.310 e. The Kier molecular flexibility index (Phi) is 7.51. The molecule has 0 fully saturated rings. The van der Waals surface area contributed by atoms with Crippen molar-refractivity contribution in [2.24, 2.45) is 0 Å². The van der Waals surface area contributed by atoms with Gasteiger partial charge in [-0.3, -0.25) is 0 Å². The zero-order valence-corrected chi connectivity index (χ0v) is 34.2. The van der Waals surface area contributed by atoms with Crippen LogP contribution in [0, 0.1) is 13.8 Å². The molecule has 1 heteroatoms. The molecule has 0 saturated carbocycles. The summed E-state index contributed by atoms with van der Waals surface area (Å²) in [7, 11) is 0. The highest BCUT2D eigenvalue weighted by Crippen LogP contribution is 2.64. The van der Waals surface area contributed by atoms with Crippen molar-refractivity contribution in [3.63, 3.8) is 0 Å². The lowest BCUT2D eigenvalue weighted by Gasteiger charge is -2.33. The van der Waals surface area contributed by atoms with Crippen LogP contribution in [0.25, 0.3) is 44.5 Å². The zero-order chi connectivity index (χ0) is 39.5. The van der Waals surface area contributed by atoms with Gasteiger partial charge < -0.3 is 4.90 Å². The van der Waals surface area contributed by atoms with Gasteiger partial charge in [-0.25, -0.2) is 0 Å². The maximum atomic E-state index is 2.52. The Morgan fingerprint density at radius 1 is 0.379 bits per heavy atom. The van der Waals surface area contributed by atoms with Crippen LogP contribution in [0.3, 0.4) is 0 Å². The monoisotopic (exact) mass is 745 g/mol. The fourth-order valence-corrected chi connectivity index (χ4v) is 10.7. The van der Waals surface area contributed by atoms with Gasteiger partial charge in [0.1, 0.15) is 0 Å². The Labute approximate surface area is 343 Å². The molecule has 0 N–H and O–H groups in total. The molecular weight excluding hydrogens is 699 g/mol. The van der Waals surface area contributed by atoms with Crippen molar-refractivity contribution in [3.05, 3.63) is 220 Å². The summed E-state index contributed by atoms with van der Waals surface area (Å²) >= 11 is 0. The number of benzene rings is 8. The van der Waals surface area contributed by atoms with Gasteiger partial charge in [0, 0.05) is 22.5 Å². The Bertz CT molecular complexity index is 2910. The van der Waals surface area contributed by atoms with Gasteiger partial charge in [0.2, 0.25) is 0 Å². The molecule has 0 aliphatic heterocycles. The van der Waals surface area contributed by atoms with Crippen LogP contribution in [0.1, 0.15) is 83.7 Å². The second-order valence-electron chi connectivity index (χ2n) is 17.7. The first-order valence-electron chi connectivity index (χ1n) is 20.9. The van der Waals surface area contributed by atoms with Crippen molar-refractivity contribution in [2.45, 2.75) is 58.3 Å². The predicted molar refractivity (Wildman–Crippen MR) is 244 cm³/mol. The summed E-state index contributed by atoms with van der Waals surface area (Å²) < 4.78 is 0. The highest BCUT2D eigenvalue weighted by atomic mass is 15.1. The number of nitrogens with zero attached hydrogens (tertiary/aromatic N) is 1. The summed E-state index contributed by atoms with van der Waals surface area (Å²) in [4.78, 5) is 2.49. The number of rotatable bonds is 5. The zero-order valence-electron chi connectivity index (χ0n) is 34.2. The third-order valence-corrected chi connectivity index (χ3v) is 13.6. The molecule has 280 valence electrons. The molecule has 0 radical (unpaired) electrons. The van der Waals surface area contributed by atoms with E-state index in [2.05, 4.69) is 216 Å². The van der Waals surface area contributed by atoms with Gasteiger partial charge in [0.05, 0.1) is 5.41 Å². The van der Waals surface area contributed by atoms with E-state index < -0.39 is 5.41 Å². The first-order chi connectivity index (χ1) is 28.1. The van der Waals surface area contributed by atoms with Crippen molar-refractivity contribution < 1.29 is 0 Å². The summed E-state index contributed by atoms with van der Waals surface area (Å²) in [5.41, 5.74) is 25.5. The Hall–Kier alpha value is -6.44. The van der Waals surface area contributed by atoms with E-state index in [4.69, 9.17) is 0 Å². The van der Waals surface area contributed by atoms with Crippen LogP contribution < -0.4 is 4.90 Å². The molecule has 0 unspecified atom stereocenters. The predicted octanol–water partition coefficient (Wildman–Crippen LogP) is 15.2. The summed E-state index contributed by atoms with van der Waals surface area (Å²) in [6.45, 7) is 13.7. The summed E-state index contributed by atoms with van der Waals surface area (Å²) in [5, 5.41) is 0. The molecule has 3 aliphatic carbocycles. The van der Waals surface area contributed by atoms with Crippen molar-refractivity contribution in [1.29, 1.82) is 0 Å². The molecule has 0 atom stereocenters. The van der Waals surface area contributed by atoms with Gasteiger partial charge in [-0.15, -0.1) is 0 Å². The molecule has 1 spiro atoms. The molecule has 0 saturated heterocycles. The average molecular weight is 746 g/mol. The van der Waals surface area contributed by atoms with Crippen molar-refractivity contribution in [1.82, 2.24) is 0 Å². The van der Waals surface area contributed by atoms with E-state index in [0.29, 0.717) is 5.92 Å². The van der Waals surface area contributed by atoms with Gasteiger partial charge in [-0.05, 0) is 140 Å². The molecule has 3 aliphatic rings. The van der Waals surface area contributed by atoms with Crippen LogP contribution in [-0.4, -0.2) is 0 Å². The van der Waals surface area contributed by atoms with E-state index in [9.17, 15) is 0 Å². The molecule has 8 aromatic rings. The Balaban J connectivity index is 1.14. The minimum Gasteiger partial charge on any atom is -0.310 e. The topological polar surface area (TPSA) is 3.24 Å². The second kappa shape index (κ2) is 12.5. The Morgan fingerprint density at radius 3 is 1.36 bits per heavy atom. The number of hydrogen-bond donors (Lipinski definition) is 0. The van der Waals surface area contributed by atoms with Gasteiger partial charge in [0.25, 0.3) is 0 Å². The number of anilines is 3. The van der Waals surface area contributed by atoms with E-state index in [1.165, 1.54) is 94.6 Å². The summed E-state index contributed by atoms with van der Waals surface area (Å²) in [6, 6.07) is 64.9. The molecule has 0 aromatic heterocycles. The lowest BCUT2D eigenvalue weighted by Crippen LogP contribution is -2.26. The number of aryl methyl sites for hydroxylation is 2. The quantitative estimate of drug-likeness (QED) is 0.170. The average Bonchev–Trinajstić information content (AvgIpc) is 3.78. The molecule has 0 bridgehead atoms. The standard InChI is InChI=1S/C57H47N/c1-35(2)38-17-19-39(20-18-38)40-21-23-41(24-22-40)58(42-25-29-46-44-11-7-9-13-50(44)56(5,6)52(46)33-42)43-26-30-49-45-12-8-10-14-51(45)57(55(49)34-43)53-31-36(3)15-27-47(53)48-28-16-37(4)32-54(48)57/h7-35H,1-6H3. The highest BCUT2D eigenvalue weighted by Gasteiger charge is 2.52. The van der Waals surface area contributed by atoms with Crippen LogP contribution in [0.5, 0.6) is 0 Å². The third-order valence-electron chi connectivity index (χ3n) is 13.6. The van der Waals surface area contributed by atoms with E-state index in [0.717, 1.165) is 17.1 Å². The highest BCUT2D eigenvalue weighted by molar-refractivity contribution is 5.97. The van der Waals surface area contributed by atoms with Crippen LogP contribution in [0.4, 0.5) is 17.1 Å². The molecule has 0 amide bonds. The molecule has 8 aromatic carbocycles. The van der Waals surface area contributed by atoms with E-state index >= 15 is 0 Å². The fourth-order valence-electron chi connectivity index (χ4n) is 10.7. The lowest BCUT2D eigenvalue weighted by molar-refractivity contribution is 0.660. The van der Waals surface area contributed by atoms with E-state index in [1.807, 2.05) is 0 Å². The maximum Gasteiger partial charge on any atom is 0.0726 e. The van der Waals surface area contributed by atoms with Crippen LogP contribution in [0.15, 0.2) is 170 Å². The minimum atomic E-state index is -0.427. The lowest BCUT2D eigenvalue weighted by atomic mass is 9.70. The first kappa shape index (κ1) is 34.8. The second-order valence-corrected chi connectivity index (χ2v) is 17.7. The fraction of sp³-hybridized carbons (Fsp3) is 0.158. The molecule has 0 heterocycles. The first-order valence-corrected chi connectivity index (χ1v) is 20.9. The normalized spacial score (nSPS) is 14.5. The van der Waals surface area contributed by atoms with Gasteiger partial charge >= 0.3 is 0 Å². The van der Waals surface area contributed by atoms with Gasteiger partial charge in [-0.2, -0.15) is 0 Å². The molecule has 1 nitrogen and oxygen atoms in total. The third kappa shape index (κ3) is 4.83. The van der Waals surface area contributed by atoms with Crippen molar-refractivity contribution in [2.75, 3.05) is 4.90 Å². The maximum absolute atomic E-state index is 2.52. The van der Waals surface area contributed by atoms with Crippen LogP contribution in [0.2, 0.25) is 0 Å². The molecular formula is C57H47N. The van der Waals surface area contributed by atoms with Crippen LogP contribution >= 0.6 is 0 Å². The SMILES string of the molecule is Cc1ccc2c(c1)C1(c3ccccc3-c3ccc(N(c4ccc(-c5ccc(C(C)C)cc5)cc4)c4ccc5c(c4)C(C)(C)c4ccccc4-5)cc31)c1cc(C)ccc1-2. The summed E-state index contributed by atoms with van der Waals surface area (Å²) in [5.74, 6) is 0.508. The van der Waals surface area contributed by atoms with Gasteiger partial charge in [0.15, 0.2) is 0 Å². The summed E-state index contributed by atoms with van der Waals surface area (Å²) in [6.07, 6.45) is 0. The Morgan fingerprint density at radius 2 is 0.793 bits per heavy atom. The molecule has 58 heavy (non-hydrogen) atoms. The minimum absolute atomic E-state index is 0.115. The van der Waals surface area contributed by atoms with Crippen LogP contribution in [-0.2, 0) is 10.8 Å². The van der Waals surface area contributed by atoms with Crippen molar-refractivity contribution >= 4 is 17.1 Å². The number of hydrogen-bond acceptors (Lipinski definition) is 1. The number of fused-ring (bicyclic) bond motifs is 13.